The van der Waals surface area contributed by atoms with Crippen LogP contribution in [-0.4, -0.2) is 48.3 Å². The van der Waals surface area contributed by atoms with Crippen LogP contribution >= 0.6 is 11.8 Å². The molecule has 3 aliphatic heterocycles. The van der Waals surface area contributed by atoms with E-state index in [1.807, 2.05) is 36.4 Å². The number of para-hydroxylation sites is 1. The van der Waals surface area contributed by atoms with Crippen LogP contribution in [0.5, 0.6) is 0 Å². The third-order valence-corrected chi connectivity index (χ3v) is 6.95. The SMILES string of the molecule is O=C1/C(=C/c2ccc(N3CCCC3)cc2)SC(=Nc2ccccc2)N1C[C@@H]1CCCO1. The fourth-order valence-electron chi connectivity index (χ4n) is 4.27. The standard InChI is InChI=1S/C25H27N3O2S/c29-24-23(17-19-10-12-21(13-11-19)27-14-4-5-15-27)31-25(26-20-7-2-1-3-8-20)28(24)18-22-9-6-16-30-22/h1-3,7-8,10-13,17,22H,4-6,9,14-16,18H2/b23-17-,26-25?/t22-/m0/s1. The minimum absolute atomic E-state index is 0.0128. The number of anilines is 1. The zero-order valence-corrected chi connectivity index (χ0v) is 18.4. The predicted molar refractivity (Wildman–Crippen MR) is 128 cm³/mol. The van der Waals surface area contributed by atoms with Crippen LogP contribution in [0.25, 0.3) is 6.08 Å². The number of ether oxygens (including phenoxy) is 1. The number of amidine groups is 1. The molecule has 0 aliphatic carbocycles. The van der Waals surface area contributed by atoms with Crippen LogP contribution in [0.1, 0.15) is 31.2 Å². The van der Waals surface area contributed by atoms with Gasteiger partial charge in [0.05, 0.1) is 23.2 Å². The van der Waals surface area contributed by atoms with E-state index >= 15 is 0 Å². The molecular weight excluding hydrogens is 406 g/mol. The molecule has 3 fully saturated rings. The summed E-state index contributed by atoms with van der Waals surface area (Å²) in [6.07, 6.45) is 6.64. The molecule has 3 heterocycles. The Morgan fingerprint density at radius 3 is 2.52 bits per heavy atom. The van der Waals surface area contributed by atoms with Gasteiger partial charge in [0.15, 0.2) is 5.17 Å². The van der Waals surface area contributed by atoms with Crippen LogP contribution in [0.15, 0.2) is 64.5 Å². The Labute approximate surface area is 187 Å². The summed E-state index contributed by atoms with van der Waals surface area (Å²) in [6.45, 7) is 3.60. The lowest BCUT2D eigenvalue weighted by atomic mass is 10.1. The van der Waals surface area contributed by atoms with E-state index in [-0.39, 0.29) is 12.0 Å². The van der Waals surface area contributed by atoms with Crippen molar-refractivity contribution in [1.29, 1.82) is 0 Å². The van der Waals surface area contributed by atoms with E-state index in [4.69, 9.17) is 9.73 Å². The van der Waals surface area contributed by atoms with Gasteiger partial charge in [0, 0.05) is 25.4 Å². The maximum Gasteiger partial charge on any atom is 0.266 e. The largest absolute Gasteiger partial charge is 0.376 e. The zero-order chi connectivity index (χ0) is 21.0. The van der Waals surface area contributed by atoms with Crippen molar-refractivity contribution in [3.8, 4) is 0 Å². The van der Waals surface area contributed by atoms with Gasteiger partial charge in [-0.05, 0) is 73.4 Å². The Morgan fingerprint density at radius 2 is 1.81 bits per heavy atom. The fourth-order valence-corrected chi connectivity index (χ4v) is 5.27. The van der Waals surface area contributed by atoms with Gasteiger partial charge in [-0.25, -0.2) is 4.99 Å². The molecule has 160 valence electrons. The van der Waals surface area contributed by atoms with Crippen molar-refractivity contribution in [1.82, 2.24) is 4.90 Å². The highest BCUT2D eigenvalue weighted by molar-refractivity contribution is 8.18. The average molecular weight is 434 g/mol. The Kier molecular flexibility index (Phi) is 6.09. The van der Waals surface area contributed by atoms with Gasteiger partial charge in [-0.1, -0.05) is 30.3 Å². The van der Waals surface area contributed by atoms with Gasteiger partial charge in [0.2, 0.25) is 0 Å². The number of carbonyl (C=O) groups is 1. The molecule has 3 aliphatic rings. The Hall–Kier alpha value is -2.57. The quantitative estimate of drug-likeness (QED) is 0.618. The highest BCUT2D eigenvalue weighted by Gasteiger charge is 2.35. The number of benzene rings is 2. The Morgan fingerprint density at radius 1 is 1.03 bits per heavy atom. The second-order valence-electron chi connectivity index (χ2n) is 8.18. The number of nitrogens with zero attached hydrogens (tertiary/aromatic N) is 3. The summed E-state index contributed by atoms with van der Waals surface area (Å²) in [7, 11) is 0. The van der Waals surface area contributed by atoms with Crippen LogP contribution in [0, 0.1) is 0 Å². The molecule has 0 spiro atoms. The van der Waals surface area contributed by atoms with Crippen molar-refractivity contribution in [3.05, 3.63) is 65.1 Å². The maximum absolute atomic E-state index is 13.3. The molecule has 0 radical (unpaired) electrons. The van der Waals surface area contributed by atoms with Gasteiger partial charge in [0.1, 0.15) is 0 Å². The predicted octanol–water partition coefficient (Wildman–Crippen LogP) is 5.07. The van der Waals surface area contributed by atoms with Crippen LogP contribution in [0.3, 0.4) is 0 Å². The van der Waals surface area contributed by atoms with Crippen molar-refractivity contribution in [2.75, 3.05) is 31.1 Å². The molecule has 0 aromatic heterocycles. The molecule has 0 unspecified atom stereocenters. The molecule has 6 heteroatoms. The summed E-state index contributed by atoms with van der Waals surface area (Å²) >= 11 is 1.45. The molecule has 0 saturated carbocycles. The summed E-state index contributed by atoms with van der Waals surface area (Å²) in [5, 5.41) is 0.728. The molecule has 5 rings (SSSR count). The molecule has 1 atom stereocenters. The monoisotopic (exact) mass is 433 g/mol. The van der Waals surface area contributed by atoms with E-state index in [0.29, 0.717) is 11.4 Å². The van der Waals surface area contributed by atoms with Crippen LogP contribution < -0.4 is 4.90 Å². The Bertz CT molecular complexity index is 976. The molecule has 2 aromatic rings. The minimum atomic E-state index is 0.0128. The number of hydrogen-bond acceptors (Lipinski definition) is 5. The zero-order valence-electron chi connectivity index (χ0n) is 17.6. The first kappa shape index (κ1) is 20.3. The third-order valence-electron chi connectivity index (χ3n) is 5.94. The number of carbonyl (C=O) groups excluding carboxylic acids is 1. The van der Waals surface area contributed by atoms with Crippen molar-refractivity contribution in [2.24, 2.45) is 4.99 Å². The lowest BCUT2D eigenvalue weighted by Gasteiger charge is -2.19. The molecular formula is C25H27N3O2S. The highest BCUT2D eigenvalue weighted by atomic mass is 32.2. The van der Waals surface area contributed by atoms with Crippen molar-refractivity contribution in [2.45, 2.75) is 31.8 Å². The van der Waals surface area contributed by atoms with Crippen molar-refractivity contribution >= 4 is 40.3 Å². The van der Waals surface area contributed by atoms with E-state index in [1.165, 1.54) is 30.3 Å². The molecule has 0 N–H and O–H groups in total. The van der Waals surface area contributed by atoms with Gasteiger partial charge in [-0.3, -0.25) is 9.69 Å². The first-order valence-corrected chi connectivity index (χ1v) is 11.9. The third kappa shape index (κ3) is 4.70. The second-order valence-corrected chi connectivity index (χ2v) is 9.19. The molecule has 5 nitrogen and oxygen atoms in total. The molecule has 1 amide bonds. The summed E-state index contributed by atoms with van der Waals surface area (Å²) in [4.78, 5) is 23.0. The van der Waals surface area contributed by atoms with Gasteiger partial charge < -0.3 is 9.64 Å². The first-order chi connectivity index (χ1) is 15.3. The van der Waals surface area contributed by atoms with E-state index in [9.17, 15) is 4.79 Å². The number of thioether (sulfide) groups is 1. The van der Waals surface area contributed by atoms with E-state index < -0.39 is 0 Å². The lowest BCUT2D eigenvalue weighted by Crippen LogP contribution is -2.36. The summed E-state index contributed by atoms with van der Waals surface area (Å²) in [6, 6.07) is 18.3. The van der Waals surface area contributed by atoms with Gasteiger partial charge in [-0.2, -0.15) is 0 Å². The molecule has 2 aromatic carbocycles. The second kappa shape index (κ2) is 9.28. The molecule has 3 saturated heterocycles. The van der Waals surface area contributed by atoms with Crippen LogP contribution in [0.2, 0.25) is 0 Å². The number of hydrogen-bond donors (Lipinski definition) is 0. The number of rotatable bonds is 5. The van der Waals surface area contributed by atoms with Crippen molar-refractivity contribution < 1.29 is 9.53 Å². The summed E-state index contributed by atoms with van der Waals surface area (Å²) in [5.74, 6) is 0.0128. The maximum atomic E-state index is 13.3. The van der Waals surface area contributed by atoms with Gasteiger partial charge >= 0.3 is 0 Å². The van der Waals surface area contributed by atoms with Gasteiger partial charge in [0.25, 0.3) is 5.91 Å². The van der Waals surface area contributed by atoms with Gasteiger partial charge in [-0.15, -0.1) is 0 Å². The highest BCUT2D eigenvalue weighted by Crippen LogP contribution is 2.35. The first-order valence-electron chi connectivity index (χ1n) is 11.1. The van der Waals surface area contributed by atoms with Crippen LogP contribution in [0.4, 0.5) is 11.4 Å². The summed E-state index contributed by atoms with van der Waals surface area (Å²) < 4.78 is 5.79. The Balaban J connectivity index is 1.39. The normalized spacial score (nSPS) is 24.1. The number of amides is 1. The topological polar surface area (TPSA) is 45.1 Å². The van der Waals surface area contributed by atoms with E-state index in [1.54, 1.807) is 4.90 Å². The van der Waals surface area contributed by atoms with Crippen molar-refractivity contribution in [3.63, 3.8) is 0 Å². The van der Waals surface area contributed by atoms with E-state index in [2.05, 4.69) is 29.2 Å². The van der Waals surface area contributed by atoms with Crippen LogP contribution in [-0.2, 0) is 9.53 Å². The molecule has 31 heavy (non-hydrogen) atoms. The fraction of sp³-hybridized carbons (Fsp3) is 0.360. The average Bonchev–Trinajstić information content (AvgIpc) is 3.56. The smallest absolute Gasteiger partial charge is 0.266 e. The summed E-state index contributed by atoms with van der Waals surface area (Å²) in [5.41, 5.74) is 3.15. The number of aliphatic imine (C=N–C) groups is 1. The lowest BCUT2D eigenvalue weighted by molar-refractivity contribution is -0.123. The molecule has 0 bridgehead atoms. The van der Waals surface area contributed by atoms with E-state index in [0.717, 1.165) is 49.0 Å². The minimum Gasteiger partial charge on any atom is -0.376 e.